The molecule has 0 saturated carbocycles. The topological polar surface area (TPSA) is 129 Å². The summed E-state index contributed by atoms with van der Waals surface area (Å²) in [5.74, 6) is -0.426. The van der Waals surface area contributed by atoms with Crippen molar-refractivity contribution in [2.45, 2.75) is 39.8 Å². The smallest absolute Gasteiger partial charge is 0.407 e. The summed E-state index contributed by atoms with van der Waals surface area (Å²) in [6, 6.07) is 6.99. The maximum Gasteiger partial charge on any atom is 0.407 e. The molecule has 2 heterocycles. The maximum atomic E-state index is 12.4. The van der Waals surface area contributed by atoms with Crippen molar-refractivity contribution in [3.05, 3.63) is 47.0 Å². The Morgan fingerprint density at radius 1 is 1.09 bits per heavy atom. The number of rotatable bonds is 6. The van der Waals surface area contributed by atoms with E-state index in [-0.39, 0.29) is 31.2 Å². The molecule has 1 aromatic carbocycles. The van der Waals surface area contributed by atoms with Crippen molar-refractivity contribution in [3.8, 4) is 11.5 Å². The third-order valence-corrected chi connectivity index (χ3v) is 4.95. The van der Waals surface area contributed by atoms with Crippen LogP contribution in [0.1, 0.15) is 32.2 Å². The van der Waals surface area contributed by atoms with Crippen molar-refractivity contribution >= 4 is 23.7 Å². The highest BCUT2D eigenvalue weighted by Gasteiger charge is 2.32. The van der Waals surface area contributed by atoms with E-state index in [1.54, 1.807) is 52.0 Å². The molecule has 1 amide bonds. The number of aromatic nitrogens is 1. The Kier molecular flexibility index (Phi) is 7.80. The van der Waals surface area contributed by atoms with Crippen LogP contribution in [0.3, 0.4) is 0 Å². The summed E-state index contributed by atoms with van der Waals surface area (Å²) in [7, 11) is 2.47. The minimum atomic E-state index is -0.678. The van der Waals surface area contributed by atoms with Crippen LogP contribution in [0.15, 0.2) is 40.0 Å². The fourth-order valence-corrected chi connectivity index (χ4v) is 3.32. The van der Waals surface area contributed by atoms with E-state index in [1.165, 1.54) is 19.1 Å². The molecule has 1 N–H and O–H groups in total. The molecule has 1 aliphatic heterocycles. The van der Waals surface area contributed by atoms with Gasteiger partial charge in [-0.2, -0.15) is 0 Å². The Balaban J connectivity index is 1.80. The van der Waals surface area contributed by atoms with Crippen LogP contribution in [-0.2, 0) is 35.1 Å². The number of hydrogen-bond donors (Lipinski definition) is 1. The molecule has 0 bridgehead atoms. The molecule has 35 heavy (non-hydrogen) atoms. The number of ether oxygens (including phenoxy) is 4. The van der Waals surface area contributed by atoms with E-state index in [2.05, 4.69) is 10.3 Å². The Morgan fingerprint density at radius 2 is 1.74 bits per heavy atom. The predicted molar refractivity (Wildman–Crippen MR) is 124 cm³/mol. The fraction of sp³-hybridized carbons (Fsp3) is 0.417. The minimum absolute atomic E-state index is 0.0445. The number of anilines is 1. The zero-order chi connectivity index (χ0) is 25.8. The summed E-state index contributed by atoms with van der Waals surface area (Å²) >= 11 is 0. The van der Waals surface area contributed by atoms with Crippen LogP contribution in [-0.4, -0.2) is 56.2 Å². The summed E-state index contributed by atoms with van der Waals surface area (Å²) in [5.41, 5.74) is 1.36. The van der Waals surface area contributed by atoms with Gasteiger partial charge in [-0.05, 0) is 52.0 Å². The van der Waals surface area contributed by atoms with Crippen molar-refractivity contribution in [2.75, 3.05) is 32.5 Å². The Morgan fingerprint density at radius 3 is 2.34 bits per heavy atom. The van der Waals surface area contributed by atoms with Crippen LogP contribution < -0.4 is 10.2 Å². The fourth-order valence-electron chi connectivity index (χ4n) is 3.32. The van der Waals surface area contributed by atoms with Crippen molar-refractivity contribution in [1.82, 2.24) is 10.3 Å². The minimum Gasteiger partial charge on any atom is -0.466 e. The highest BCUT2D eigenvalue weighted by molar-refractivity contribution is 6.03. The van der Waals surface area contributed by atoms with Gasteiger partial charge in [0.05, 0.1) is 32.9 Å². The van der Waals surface area contributed by atoms with Gasteiger partial charge >= 0.3 is 18.0 Å². The van der Waals surface area contributed by atoms with Gasteiger partial charge in [-0.1, -0.05) is 0 Å². The van der Waals surface area contributed by atoms with E-state index < -0.39 is 23.6 Å². The van der Waals surface area contributed by atoms with Gasteiger partial charge in [-0.15, -0.1) is 0 Å². The van der Waals surface area contributed by atoms with Gasteiger partial charge < -0.3 is 33.6 Å². The second-order valence-corrected chi connectivity index (χ2v) is 8.64. The molecule has 0 saturated heterocycles. The molecule has 0 fully saturated rings. The van der Waals surface area contributed by atoms with Gasteiger partial charge in [0.1, 0.15) is 29.5 Å². The largest absolute Gasteiger partial charge is 0.466 e. The van der Waals surface area contributed by atoms with Crippen LogP contribution in [0.2, 0.25) is 0 Å². The molecule has 1 aliphatic rings. The quantitative estimate of drug-likeness (QED) is 0.479. The van der Waals surface area contributed by atoms with Gasteiger partial charge in [0.15, 0.2) is 0 Å². The molecule has 0 aliphatic carbocycles. The average Bonchev–Trinajstić information content (AvgIpc) is 3.20. The van der Waals surface area contributed by atoms with Gasteiger partial charge in [0, 0.05) is 11.3 Å². The molecular weight excluding hydrogens is 458 g/mol. The van der Waals surface area contributed by atoms with Crippen molar-refractivity contribution in [2.24, 2.45) is 0 Å². The van der Waals surface area contributed by atoms with E-state index in [0.29, 0.717) is 28.6 Å². The van der Waals surface area contributed by atoms with E-state index in [1.807, 2.05) is 0 Å². The number of alkyl carbamates (subject to hydrolysis) is 1. The number of benzene rings is 1. The van der Waals surface area contributed by atoms with Gasteiger partial charge in [-0.25, -0.2) is 19.4 Å². The summed E-state index contributed by atoms with van der Waals surface area (Å²) in [5, 5.41) is 2.66. The third kappa shape index (κ3) is 6.18. The molecular formula is C24H29N3O8. The Hall–Kier alpha value is -3.86. The lowest BCUT2D eigenvalue weighted by atomic mass is 10.1. The van der Waals surface area contributed by atoms with Crippen molar-refractivity contribution in [1.29, 1.82) is 0 Å². The molecule has 0 atom stereocenters. The zero-order valence-corrected chi connectivity index (χ0v) is 20.6. The highest BCUT2D eigenvalue weighted by Crippen LogP contribution is 2.29. The number of amides is 1. The van der Waals surface area contributed by atoms with Gasteiger partial charge in [0.2, 0.25) is 5.89 Å². The maximum absolute atomic E-state index is 12.4. The monoisotopic (exact) mass is 487 g/mol. The summed E-state index contributed by atoms with van der Waals surface area (Å²) in [6.07, 6.45) is -0.546. The highest BCUT2D eigenvalue weighted by atomic mass is 16.6. The normalized spacial score (nSPS) is 13.9. The molecule has 188 valence electrons. The first kappa shape index (κ1) is 25.8. The Bertz CT molecular complexity index is 1130. The summed E-state index contributed by atoms with van der Waals surface area (Å²) < 4.78 is 26.2. The number of carbonyl (C=O) groups excluding carboxylic acids is 3. The van der Waals surface area contributed by atoms with E-state index >= 15 is 0 Å². The number of oxazole rings is 1. The molecule has 11 nitrogen and oxygen atoms in total. The first-order valence-corrected chi connectivity index (χ1v) is 10.8. The van der Waals surface area contributed by atoms with Crippen LogP contribution in [0, 0.1) is 6.92 Å². The van der Waals surface area contributed by atoms with Crippen molar-refractivity contribution in [3.63, 3.8) is 0 Å². The summed E-state index contributed by atoms with van der Waals surface area (Å²) in [4.78, 5) is 42.5. The molecule has 3 rings (SSSR count). The zero-order valence-electron chi connectivity index (χ0n) is 20.6. The molecule has 11 heteroatoms. The SMILES string of the molecule is COC(=O)C1=C(C(=O)OC)N(c2ccc(-c3nc(CNC(=O)OC(C)(C)C)c(C)o3)cc2)COC1. The number of carbonyl (C=O) groups is 3. The number of nitrogens with zero attached hydrogens (tertiary/aromatic N) is 2. The average molecular weight is 488 g/mol. The lowest BCUT2D eigenvalue weighted by molar-refractivity contribution is -0.140. The first-order valence-electron chi connectivity index (χ1n) is 10.8. The number of methoxy groups -OCH3 is 2. The number of hydrogen-bond acceptors (Lipinski definition) is 10. The molecule has 0 radical (unpaired) electrons. The summed E-state index contributed by atoms with van der Waals surface area (Å²) in [6.45, 7) is 7.23. The van der Waals surface area contributed by atoms with Crippen LogP contribution in [0.25, 0.3) is 11.5 Å². The standard InChI is InChI=1S/C24H29N3O8/c1-14-18(11-25-23(30)35-24(2,3)4)26-20(34-14)15-7-9-16(10-8-15)27-13-33-12-17(21(28)31-5)19(27)22(29)32-6/h7-10H,11-13H2,1-6H3,(H,25,30). The predicted octanol–water partition coefficient (Wildman–Crippen LogP) is 3.07. The lowest BCUT2D eigenvalue weighted by Gasteiger charge is -2.31. The first-order chi connectivity index (χ1) is 16.5. The Labute approximate surface area is 203 Å². The third-order valence-electron chi connectivity index (χ3n) is 4.95. The van der Waals surface area contributed by atoms with Gasteiger partial charge in [-0.3, -0.25) is 0 Å². The molecule has 0 spiro atoms. The molecule has 1 aromatic heterocycles. The second kappa shape index (κ2) is 10.6. The lowest BCUT2D eigenvalue weighted by Crippen LogP contribution is -2.38. The number of esters is 2. The number of nitrogens with one attached hydrogen (secondary N) is 1. The molecule has 2 aromatic rings. The second-order valence-electron chi connectivity index (χ2n) is 8.64. The molecule has 0 unspecified atom stereocenters. The number of aryl methyl sites for hydroxylation is 1. The van der Waals surface area contributed by atoms with E-state index in [0.717, 1.165) is 0 Å². The van der Waals surface area contributed by atoms with Crippen LogP contribution in [0.5, 0.6) is 0 Å². The van der Waals surface area contributed by atoms with Gasteiger partial charge in [0.25, 0.3) is 0 Å². The van der Waals surface area contributed by atoms with E-state index in [9.17, 15) is 14.4 Å². The van der Waals surface area contributed by atoms with Crippen LogP contribution in [0.4, 0.5) is 10.5 Å². The van der Waals surface area contributed by atoms with Crippen molar-refractivity contribution < 1.29 is 37.7 Å². The van der Waals surface area contributed by atoms with E-state index in [4.69, 9.17) is 23.4 Å². The van der Waals surface area contributed by atoms with Crippen LogP contribution >= 0.6 is 0 Å².